The molecule has 0 bridgehead atoms. The summed E-state index contributed by atoms with van der Waals surface area (Å²) in [5.74, 6) is 1.17. The highest BCUT2D eigenvalue weighted by molar-refractivity contribution is 7.26. The van der Waals surface area contributed by atoms with E-state index < -0.39 is 0 Å². The van der Waals surface area contributed by atoms with E-state index in [0.717, 1.165) is 0 Å². The first-order valence-electron chi connectivity index (χ1n) is 11.8. The minimum atomic E-state index is 0.255. The molecule has 0 fully saturated rings. The molecular weight excluding hydrogens is 434 g/mol. The summed E-state index contributed by atoms with van der Waals surface area (Å²) in [5.41, 5.74) is 3.80. The molecule has 1 aliphatic carbocycles. The summed E-state index contributed by atoms with van der Waals surface area (Å²) in [4.78, 5) is 0. The number of aromatic nitrogens is 1. The zero-order valence-corrected chi connectivity index (χ0v) is 19.0. The molecule has 4 heteroatoms. The van der Waals surface area contributed by atoms with E-state index in [1.165, 1.54) is 69.6 Å². The average Bonchev–Trinajstić information content (AvgIpc) is 3.52. The molecule has 4 aromatic carbocycles. The smallest absolute Gasteiger partial charge is 0.136 e. The topological polar surface area (TPSA) is 28.5 Å². The first kappa shape index (κ1) is 17.5. The molecule has 2 atom stereocenters. The summed E-state index contributed by atoms with van der Waals surface area (Å²) in [6.07, 6.45) is 8.77. The Morgan fingerprint density at radius 3 is 2.44 bits per heavy atom. The Morgan fingerprint density at radius 1 is 0.676 bits per heavy atom. The summed E-state index contributed by atoms with van der Waals surface area (Å²) in [5, 5.41) is 17.0. The van der Waals surface area contributed by atoms with Crippen molar-refractivity contribution in [3.05, 3.63) is 91.0 Å². The van der Waals surface area contributed by atoms with E-state index in [2.05, 4.69) is 106 Å². The van der Waals surface area contributed by atoms with Crippen LogP contribution in [0, 0.1) is 0 Å². The summed E-state index contributed by atoms with van der Waals surface area (Å²) in [7, 11) is 0. The lowest BCUT2D eigenvalue weighted by atomic mass is 9.99. The van der Waals surface area contributed by atoms with Gasteiger partial charge in [-0.25, -0.2) is 0 Å². The van der Waals surface area contributed by atoms with E-state index in [0.29, 0.717) is 0 Å². The van der Waals surface area contributed by atoms with Crippen molar-refractivity contribution in [1.82, 2.24) is 4.40 Å². The van der Waals surface area contributed by atoms with Gasteiger partial charge in [-0.05, 0) is 29.0 Å². The van der Waals surface area contributed by atoms with Gasteiger partial charge >= 0.3 is 0 Å². The van der Waals surface area contributed by atoms with Crippen molar-refractivity contribution in [1.29, 1.82) is 0 Å². The van der Waals surface area contributed by atoms with Gasteiger partial charge in [0.05, 0.1) is 28.8 Å². The van der Waals surface area contributed by atoms with Crippen LogP contribution in [0.15, 0.2) is 91.0 Å². The largest absolute Gasteiger partial charge is 0.373 e. The molecule has 2 aliphatic rings. The normalized spacial score (nSPS) is 19.4. The van der Waals surface area contributed by atoms with Crippen LogP contribution in [0.3, 0.4) is 0 Å². The Balaban J connectivity index is 1.44. The standard InChI is InChI=1S/C30H19N3S/c1-2-7-17-16(6-1)12-13-25-27(17)21-14-20-18-8-5-9-19-28-30(32-23-11-4-3-10-22(23)31-28)33(29(18)19)24(20)15-26(21)34-25/h1-15,22-23,31-32H. The molecule has 2 unspecified atom stereocenters. The van der Waals surface area contributed by atoms with Crippen molar-refractivity contribution in [2.45, 2.75) is 12.1 Å². The Hall–Kier alpha value is -4.02. The van der Waals surface area contributed by atoms with Crippen molar-refractivity contribution < 1.29 is 0 Å². The van der Waals surface area contributed by atoms with Crippen molar-refractivity contribution >= 4 is 81.0 Å². The van der Waals surface area contributed by atoms with Gasteiger partial charge in [0.1, 0.15) is 5.82 Å². The highest BCUT2D eigenvalue weighted by Gasteiger charge is 2.31. The first-order valence-corrected chi connectivity index (χ1v) is 12.6. The van der Waals surface area contributed by atoms with E-state index in [-0.39, 0.29) is 12.1 Å². The van der Waals surface area contributed by atoms with Crippen molar-refractivity contribution in [3.63, 3.8) is 0 Å². The molecule has 2 N–H and O–H groups in total. The van der Waals surface area contributed by atoms with Crippen molar-refractivity contribution in [2.75, 3.05) is 10.6 Å². The van der Waals surface area contributed by atoms with Gasteiger partial charge in [-0.1, -0.05) is 72.8 Å². The van der Waals surface area contributed by atoms with Crippen LogP contribution >= 0.6 is 11.3 Å². The zero-order chi connectivity index (χ0) is 22.0. The maximum Gasteiger partial charge on any atom is 0.136 e. The lowest BCUT2D eigenvalue weighted by molar-refractivity contribution is 0.760. The number of thiophene rings is 1. The Morgan fingerprint density at radius 2 is 1.50 bits per heavy atom. The summed E-state index contributed by atoms with van der Waals surface area (Å²) < 4.78 is 5.15. The maximum absolute atomic E-state index is 3.85. The minimum absolute atomic E-state index is 0.255. The molecule has 7 aromatic rings. The molecule has 0 radical (unpaired) electrons. The number of nitrogens with zero attached hydrogens (tertiary/aromatic N) is 1. The monoisotopic (exact) mass is 453 g/mol. The molecule has 0 saturated carbocycles. The van der Waals surface area contributed by atoms with Crippen molar-refractivity contribution in [3.8, 4) is 0 Å². The van der Waals surface area contributed by atoms with Crippen LogP contribution in [0.1, 0.15) is 0 Å². The summed E-state index contributed by atoms with van der Waals surface area (Å²) in [6.45, 7) is 0. The summed E-state index contributed by atoms with van der Waals surface area (Å²) >= 11 is 1.90. The van der Waals surface area contributed by atoms with Gasteiger partial charge in [-0.2, -0.15) is 0 Å². The van der Waals surface area contributed by atoms with Gasteiger partial charge in [0.25, 0.3) is 0 Å². The van der Waals surface area contributed by atoms with Crippen LogP contribution < -0.4 is 10.6 Å². The second kappa shape index (κ2) is 5.91. The Labute approximate surface area is 198 Å². The minimum Gasteiger partial charge on any atom is -0.373 e. The van der Waals surface area contributed by atoms with Crippen LogP contribution in [-0.2, 0) is 0 Å². The fourth-order valence-corrected chi connectivity index (χ4v) is 7.40. The number of nitrogens with one attached hydrogen (secondary N) is 2. The van der Waals surface area contributed by atoms with Gasteiger partial charge in [-0.3, -0.25) is 4.40 Å². The van der Waals surface area contributed by atoms with Crippen LogP contribution in [0.2, 0.25) is 0 Å². The lowest BCUT2D eigenvalue weighted by Gasteiger charge is -2.33. The average molecular weight is 454 g/mol. The third-order valence-electron chi connectivity index (χ3n) is 7.75. The third kappa shape index (κ3) is 2.00. The SMILES string of the molecule is C1=CC2Nc3c(n4c5cc6sc7ccc8ccccc8c7c6cc5c5cccc3c54)NC2C=C1. The van der Waals surface area contributed by atoms with E-state index in [1.807, 2.05) is 11.3 Å². The number of fused-ring (bicyclic) bond motifs is 12. The molecular formula is C30H19N3S. The number of hydrogen-bond donors (Lipinski definition) is 2. The number of benzene rings is 4. The van der Waals surface area contributed by atoms with Gasteiger partial charge in [0.15, 0.2) is 0 Å². The lowest BCUT2D eigenvalue weighted by Crippen LogP contribution is -2.41. The molecule has 160 valence electrons. The number of anilines is 2. The molecule has 9 rings (SSSR count). The molecule has 3 aromatic heterocycles. The predicted octanol–water partition coefficient (Wildman–Crippen LogP) is 7.91. The quantitative estimate of drug-likeness (QED) is 0.244. The Bertz CT molecular complexity index is 2040. The van der Waals surface area contributed by atoms with Gasteiger partial charge in [0, 0.05) is 36.3 Å². The van der Waals surface area contributed by atoms with E-state index >= 15 is 0 Å². The van der Waals surface area contributed by atoms with Crippen LogP contribution in [0.5, 0.6) is 0 Å². The molecule has 0 saturated heterocycles. The number of hydrogen-bond acceptors (Lipinski definition) is 3. The van der Waals surface area contributed by atoms with Crippen molar-refractivity contribution in [2.24, 2.45) is 0 Å². The maximum atomic E-state index is 3.85. The predicted molar refractivity (Wildman–Crippen MR) is 147 cm³/mol. The highest BCUT2D eigenvalue weighted by atomic mass is 32.1. The molecule has 34 heavy (non-hydrogen) atoms. The molecule has 4 heterocycles. The fraction of sp³-hybridized carbons (Fsp3) is 0.0667. The fourth-order valence-electron chi connectivity index (χ4n) is 6.27. The third-order valence-corrected chi connectivity index (χ3v) is 8.87. The first-order chi connectivity index (χ1) is 16.8. The Kier molecular flexibility index (Phi) is 3.03. The number of para-hydroxylation sites is 1. The van der Waals surface area contributed by atoms with E-state index in [1.54, 1.807) is 0 Å². The highest BCUT2D eigenvalue weighted by Crippen LogP contribution is 2.48. The van der Waals surface area contributed by atoms with Crippen LogP contribution in [-0.4, -0.2) is 16.5 Å². The van der Waals surface area contributed by atoms with Crippen LogP contribution in [0.4, 0.5) is 11.5 Å². The van der Waals surface area contributed by atoms with Gasteiger partial charge < -0.3 is 10.6 Å². The van der Waals surface area contributed by atoms with E-state index in [9.17, 15) is 0 Å². The molecule has 1 aliphatic heterocycles. The van der Waals surface area contributed by atoms with Gasteiger partial charge in [0.2, 0.25) is 0 Å². The molecule has 0 amide bonds. The molecule has 3 nitrogen and oxygen atoms in total. The van der Waals surface area contributed by atoms with Crippen LogP contribution in [0.25, 0.3) is 58.1 Å². The van der Waals surface area contributed by atoms with Gasteiger partial charge in [-0.15, -0.1) is 11.3 Å². The molecule has 0 spiro atoms. The van der Waals surface area contributed by atoms with E-state index in [4.69, 9.17) is 0 Å². The summed E-state index contributed by atoms with van der Waals surface area (Å²) in [6, 6.07) is 25.4. The second-order valence-corrected chi connectivity index (χ2v) is 10.6. The number of rotatable bonds is 0. The second-order valence-electron chi connectivity index (χ2n) is 9.50. The zero-order valence-electron chi connectivity index (χ0n) is 18.2. The number of allylic oxidation sites excluding steroid dienone is 2.